The monoisotopic (exact) mass is 328 g/mol. The van der Waals surface area contributed by atoms with Gasteiger partial charge in [0.1, 0.15) is 0 Å². The van der Waals surface area contributed by atoms with Crippen molar-refractivity contribution < 1.29 is 31.6 Å². The summed E-state index contributed by atoms with van der Waals surface area (Å²) in [5.74, 6) is -2.63. The molecule has 0 spiro atoms. The molecule has 0 radical (unpaired) electrons. The lowest BCUT2D eigenvalue weighted by Gasteiger charge is -2.14. The quantitative estimate of drug-likeness (QED) is 0.630. The van der Waals surface area contributed by atoms with Gasteiger partial charge >= 0.3 is 5.97 Å². The number of rotatable bonds is 4. The van der Waals surface area contributed by atoms with E-state index in [1.54, 1.807) is 0 Å². The van der Waals surface area contributed by atoms with Crippen LogP contribution in [0.1, 0.15) is 32.0 Å². The third-order valence-corrected chi connectivity index (χ3v) is 3.11. The van der Waals surface area contributed by atoms with Crippen molar-refractivity contribution in [3.63, 3.8) is 0 Å². The van der Waals surface area contributed by atoms with Crippen LogP contribution in [0.3, 0.4) is 0 Å². The second kappa shape index (κ2) is 6.68. The van der Waals surface area contributed by atoms with Crippen LogP contribution < -0.4 is 4.74 Å². The number of ether oxygens (including phenoxy) is 2. The second-order valence-electron chi connectivity index (χ2n) is 4.48. The number of esters is 1. The number of nitrogens with zero attached hydrogens (tertiary/aromatic N) is 1. The van der Waals surface area contributed by atoms with Crippen molar-refractivity contribution in [2.75, 3.05) is 14.2 Å². The molecule has 2 aromatic rings. The van der Waals surface area contributed by atoms with E-state index < -0.39 is 30.8 Å². The van der Waals surface area contributed by atoms with Crippen molar-refractivity contribution in [2.24, 2.45) is 0 Å². The summed E-state index contributed by atoms with van der Waals surface area (Å²) in [6, 6.07) is 4.27. The number of benzene rings is 1. The lowest BCUT2D eigenvalue weighted by atomic mass is 9.97. The SMILES string of the molecule is [2H]C([2H])([2H])c1ccc(C(=O)OC)c(-c2cc(C(F)F)c(F)nc2OC)c1. The third-order valence-electron chi connectivity index (χ3n) is 3.11. The van der Waals surface area contributed by atoms with E-state index in [9.17, 15) is 18.0 Å². The molecule has 23 heavy (non-hydrogen) atoms. The average Bonchev–Trinajstić information content (AvgIpc) is 2.59. The Morgan fingerprint density at radius 2 is 2.00 bits per heavy atom. The van der Waals surface area contributed by atoms with E-state index in [4.69, 9.17) is 8.85 Å². The summed E-state index contributed by atoms with van der Waals surface area (Å²) in [6.45, 7) is -2.52. The third kappa shape index (κ3) is 3.28. The minimum Gasteiger partial charge on any atom is -0.480 e. The number of aryl methyl sites for hydroxylation is 1. The molecule has 1 aromatic carbocycles. The lowest BCUT2D eigenvalue weighted by Crippen LogP contribution is -2.06. The van der Waals surface area contributed by atoms with Crippen molar-refractivity contribution in [3.8, 4) is 17.0 Å². The zero-order valence-electron chi connectivity index (χ0n) is 15.2. The zero-order valence-corrected chi connectivity index (χ0v) is 12.2. The predicted molar refractivity (Wildman–Crippen MR) is 77.2 cm³/mol. The first-order valence-corrected chi connectivity index (χ1v) is 6.36. The molecule has 2 rings (SSSR count). The molecule has 0 amide bonds. The van der Waals surface area contributed by atoms with Gasteiger partial charge < -0.3 is 9.47 Å². The molecule has 0 unspecified atom stereocenters. The molecule has 0 aliphatic carbocycles. The lowest BCUT2D eigenvalue weighted by molar-refractivity contribution is 0.0601. The summed E-state index contributed by atoms with van der Waals surface area (Å²) >= 11 is 0. The largest absolute Gasteiger partial charge is 0.480 e. The van der Waals surface area contributed by atoms with E-state index in [2.05, 4.69) is 9.72 Å². The van der Waals surface area contributed by atoms with Gasteiger partial charge in [-0.1, -0.05) is 17.7 Å². The molecule has 122 valence electrons. The Morgan fingerprint density at radius 1 is 1.26 bits per heavy atom. The first-order valence-electron chi connectivity index (χ1n) is 7.86. The molecule has 1 heterocycles. The van der Waals surface area contributed by atoms with E-state index >= 15 is 0 Å². The first kappa shape index (κ1) is 12.9. The number of methoxy groups -OCH3 is 2. The molecule has 0 saturated heterocycles. The smallest absolute Gasteiger partial charge is 0.338 e. The van der Waals surface area contributed by atoms with Crippen LogP contribution in [0, 0.1) is 12.8 Å². The average molecular weight is 328 g/mol. The van der Waals surface area contributed by atoms with E-state index in [-0.39, 0.29) is 28.1 Å². The molecular weight excluding hydrogens is 311 g/mol. The molecule has 7 heteroatoms. The summed E-state index contributed by atoms with van der Waals surface area (Å²) in [6.07, 6.45) is -3.17. The van der Waals surface area contributed by atoms with Gasteiger partial charge in [0, 0.05) is 15.2 Å². The minimum atomic E-state index is -3.17. The van der Waals surface area contributed by atoms with Crippen molar-refractivity contribution in [1.29, 1.82) is 0 Å². The number of hydrogen-bond acceptors (Lipinski definition) is 4. The Hall–Kier alpha value is -2.57. The maximum Gasteiger partial charge on any atom is 0.338 e. The van der Waals surface area contributed by atoms with Crippen LogP contribution in [0.15, 0.2) is 24.3 Å². The number of alkyl halides is 2. The van der Waals surface area contributed by atoms with Crippen LogP contribution in [-0.2, 0) is 4.74 Å². The van der Waals surface area contributed by atoms with E-state index in [1.807, 2.05) is 0 Å². The van der Waals surface area contributed by atoms with Crippen molar-refractivity contribution in [3.05, 3.63) is 46.9 Å². The number of aromatic nitrogens is 1. The van der Waals surface area contributed by atoms with Crippen LogP contribution in [0.2, 0.25) is 0 Å². The maximum absolute atomic E-state index is 13.7. The standard InChI is InChI=1S/C16H14F3NO3/c1-8-4-5-9(16(21)23-3)10(6-8)11-7-12(13(17)18)14(19)20-15(11)22-2/h4-7,13H,1-3H3/i1D3. The number of carbonyl (C=O) groups excluding carboxylic acids is 1. The summed E-state index contributed by atoms with van der Waals surface area (Å²) in [4.78, 5) is 15.4. The fourth-order valence-corrected chi connectivity index (χ4v) is 2.05. The summed E-state index contributed by atoms with van der Waals surface area (Å²) in [7, 11) is 2.24. The van der Waals surface area contributed by atoms with Crippen LogP contribution in [-0.4, -0.2) is 25.2 Å². The molecule has 0 fully saturated rings. The number of carbonyl (C=O) groups is 1. The molecule has 0 aliphatic heterocycles. The number of halogens is 3. The van der Waals surface area contributed by atoms with Gasteiger partial charge in [0.05, 0.1) is 25.3 Å². The minimum absolute atomic E-state index is 0.0725. The van der Waals surface area contributed by atoms with Crippen LogP contribution in [0.4, 0.5) is 13.2 Å². The molecule has 0 saturated carbocycles. The van der Waals surface area contributed by atoms with Crippen LogP contribution in [0.5, 0.6) is 5.88 Å². The fraction of sp³-hybridized carbons (Fsp3) is 0.250. The number of hydrogen-bond donors (Lipinski definition) is 0. The Morgan fingerprint density at radius 3 is 2.57 bits per heavy atom. The van der Waals surface area contributed by atoms with Crippen molar-refractivity contribution in [2.45, 2.75) is 13.3 Å². The first-order chi connectivity index (χ1) is 12.1. The highest BCUT2D eigenvalue weighted by molar-refractivity contribution is 5.98. The summed E-state index contributed by atoms with van der Waals surface area (Å²) in [5.41, 5.74) is -1.49. The normalized spacial score (nSPS) is 13.2. The van der Waals surface area contributed by atoms with E-state index in [0.29, 0.717) is 0 Å². The molecule has 4 nitrogen and oxygen atoms in total. The van der Waals surface area contributed by atoms with Gasteiger partial charge in [0.25, 0.3) is 6.43 Å². The molecule has 0 aliphatic rings. The van der Waals surface area contributed by atoms with Gasteiger partial charge in [0.15, 0.2) is 0 Å². The zero-order chi connectivity index (χ0) is 19.6. The molecule has 0 bridgehead atoms. The van der Waals surface area contributed by atoms with E-state index in [0.717, 1.165) is 26.4 Å². The van der Waals surface area contributed by atoms with Gasteiger partial charge in [-0.15, -0.1) is 0 Å². The summed E-state index contributed by atoms with van der Waals surface area (Å²) < 4.78 is 71.8. The molecule has 1 aromatic heterocycles. The molecule has 0 N–H and O–H groups in total. The Kier molecular flexibility index (Phi) is 3.75. The van der Waals surface area contributed by atoms with Gasteiger partial charge in [-0.3, -0.25) is 0 Å². The molecule has 0 atom stereocenters. The Bertz CT molecular complexity index is 841. The highest BCUT2D eigenvalue weighted by Gasteiger charge is 2.23. The highest BCUT2D eigenvalue weighted by Crippen LogP contribution is 2.36. The number of pyridine rings is 1. The maximum atomic E-state index is 13.7. The van der Waals surface area contributed by atoms with Crippen LogP contribution >= 0.6 is 0 Å². The van der Waals surface area contributed by atoms with Crippen LogP contribution in [0.25, 0.3) is 11.1 Å². The topological polar surface area (TPSA) is 48.4 Å². The van der Waals surface area contributed by atoms with E-state index in [1.165, 1.54) is 12.1 Å². The predicted octanol–water partition coefficient (Wildman–Crippen LogP) is 3.93. The molecular formula is C16H14F3NO3. The van der Waals surface area contributed by atoms with Gasteiger partial charge in [0.2, 0.25) is 11.8 Å². The van der Waals surface area contributed by atoms with Crippen molar-refractivity contribution in [1.82, 2.24) is 4.98 Å². The van der Waals surface area contributed by atoms with Gasteiger partial charge in [-0.25, -0.2) is 13.6 Å². The second-order valence-corrected chi connectivity index (χ2v) is 4.48. The fourth-order valence-electron chi connectivity index (χ4n) is 2.05. The van der Waals surface area contributed by atoms with Crippen molar-refractivity contribution >= 4 is 5.97 Å². The van der Waals surface area contributed by atoms with Gasteiger partial charge in [-0.2, -0.15) is 9.37 Å². The highest BCUT2D eigenvalue weighted by atomic mass is 19.3. The Labute approximate surface area is 135 Å². The summed E-state index contributed by atoms with van der Waals surface area (Å²) in [5, 5.41) is 0. The Balaban J connectivity index is 2.84. The van der Waals surface area contributed by atoms with Gasteiger partial charge in [-0.05, 0) is 19.0 Å².